The molecule has 0 atom stereocenters. The van der Waals surface area contributed by atoms with Gasteiger partial charge in [-0.2, -0.15) is 10.3 Å². The van der Waals surface area contributed by atoms with Crippen molar-refractivity contribution in [1.29, 1.82) is 5.26 Å². The molecule has 0 N–H and O–H groups in total. The largest absolute Gasteiger partial charge is 0.493 e. The van der Waals surface area contributed by atoms with E-state index in [1.165, 1.54) is 20.3 Å². The van der Waals surface area contributed by atoms with Gasteiger partial charge in [0.1, 0.15) is 16.6 Å². The Morgan fingerprint density at radius 1 is 1.30 bits per heavy atom. The molecule has 0 unspecified atom stereocenters. The minimum atomic E-state index is -0.830. The fraction of sp³-hybridized carbons (Fsp3) is 0.238. The first kappa shape index (κ1) is 21.3. The van der Waals surface area contributed by atoms with Crippen LogP contribution in [0.5, 0.6) is 11.5 Å². The summed E-state index contributed by atoms with van der Waals surface area (Å²) >= 11 is 1.13. The van der Waals surface area contributed by atoms with Gasteiger partial charge in [0.15, 0.2) is 11.5 Å². The van der Waals surface area contributed by atoms with Gasteiger partial charge >= 0.3 is 6.09 Å². The summed E-state index contributed by atoms with van der Waals surface area (Å²) in [4.78, 5) is 20.2. The zero-order valence-corrected chi connectivity index (χ0v) is 17.4. The minimum Gasteiger partial charge on any atom is -0.493 e. The zero-order chi connectivity index (χ0) is 21.7. The predicted molar refractivity (Wildman–Crippen MR) is 113 cm³/mol. The van der Waals surface area contributed by atoms with E-state index < -0.39 is 11.9 Å². The van der Waals surface area contributed by atoms with E-state index in [0.717, 1.165) is 11.8 Å². The molecule has 154 valence electrons. The van der Waals surface area contributed by atoms with E-state index in [-0.39, 0.29) is 16.3 Å². The van der Waals surface area contributed by atoms with Gasteiger partial charge in [0.05, 0.1) is 38.1 Å². The van der Waals surface area contributed by atoms with Crippen molar-refractivity contribution in [3.8, 4) is 17.6 Å². The van der Waals surface area contributed by atoms with Gasteiger partial charge in [-0.1, -0.05) is 0 Å². The van der Waals surface area contributed by atoms with Gasteiger partial charge in [-0.3, -0.25) is 0 Å². The summed E-state index contributed by atoms with van der Waals surface area (Å²) in [5.74, 6) is 0.222. The van der Waals surface area contributed by atoms with E-state index in [9.17, 15) is 4.79 Å². The second kappa shape index (κ2) is 9.41. The van der Waals surface area contributed by atoms with Crippen LogP contribution in [0, 0.1) is 17.1 Å². The first-order valence-corrected chi connectivity index (χ1v) is 10.1. The van der Waals surface area contributed by atoms with Crippen molar-refractivity contribution in [2.75, 3.05) is 27.1 Å². The monoisotopic (exact) mass is 427 g/mol. The Hall–Kier alpha value is -3.38. The highest BCUT2D eigenvalue weighted by Gasteiger charge is 2.28. The minimum absolute atomic E-state index is 0.123. The van der Waals surface area contributed by atoms with Gasteiger partial charge < -0.3 is 14.2 Å². The molecule has 0 saturated heterocycles. The third-order valence-electron chi connectivity index (χ3n) is 4.35. The number of aliphatic imine (C=N–C) groups is 2. The Bertz CT molecular complexity index is 1080. The lowest BCUT2D eigenvalue weighted by atomic mass is 10.0. The Balaban J connectivity index is 2.24. The van der Waals surface area contributed by atoms with E-state index in [2.05, 4.69) is 14.7 Å². The number of nitrogens with zero attached hydrogens (tertiary/aromatic N) is 3. The number of halogens is 1. The second-order valence-corrected chi connectivity index (χ2v) is 6.85. The van der Waals surface area contributed by atoms with Crippen molar-refractivity contribution in [2.24, 2.45) is 9.98 Å². The molecule has 30 heavy (non-hydrogen) atoms. The van der Waals surface area contributed by atoms with Gasteiger partial charge in [0, 0.05) is 17.5 Å². The highest BCUT2D eigenvalue weighted by Crippen LogP contribution is 2.40. The average molecular weight is 427 g/mol. The third kappa shape index (κ3) is 4.28. The average Bonchev–Trinajstić information content (AvgIpc) is 3.27. The maximum atomic E-state index is 15.4. The number of fused-ring (bicyclic) bond motifs is 1. The summed E-state index contributed by atoms with van der Waals surface area (Å²) in [5.41, 5.74) is 1.58. The number of hydrogen-bond acceptors (Lipinski definition) is 7. The van der Waals surface area contributed by atoms with Crippen LogP contribution in [0.1, 0.15) is 16.7 Å². The quantitative estimate of drug-likeness (QED) is 0.534. The Morgan fingerprint density at radius 3 is 2.63 bits per heavy atom. The van der Waals surface area contributed by atoms with Gasteiger partial charge in [-0.05, 0) is 36.6 Å². The number of hydrogen-bond donors (Lipinski definition) is 0. The molecule has 0 fully saturated rings. The molecule has 0 aromatic heterocycles. The fourth-order valence-corrected chi connectivity index (χ4v) is 3.43. The molecule has 2 aromatic rings. The third-order valence-corrected chi connectivity index (χ3v) is 5.02. The highest BCUT2D eigenvalue weighted by atomic mass is 32.2. The van der Waals surface area contributed by atoms with Gasteiger partial charge in [-0.15, -0.1) is 11.8 Å². The second-order valence-electron chi connectivity index (χ2n) is 6.06. The number of carbonyl (C=O) groups is 1. The molecular weight excluding hydrogens is 409 g/mol. The summed E-state index contributed by atoms with van der Waals surface area (Å²) in [7, 11) is 2.67. The fourth-order valence-electron chi connectivity index (χ4n) is 2.92. The molecule has 0 aliphatic carbocycles. The molecule has 0 bridgehead atoms. The normalized spacial score (nSPS) is 13.3. The lowest BCUT2D eigenvalue weighted by Gasteiger charge is -2.14. The van der Waals surface area contributed by atoms with Crippen LogP contribution in [0.25, 0.3) is 0 Å². The molecule has 1 heterocycles. The van der Waals surface area contributed by atoms with Crippen LogP contribution in [0.2, 0.25) is 0 Å². The zero-order valence-electron chi connectivity index (χ0n) is 16.6. The van der Waals surface area contributed by atoms with Gasteiger partial charge in [0.2, 0.25) is 0 Å². The molecule has 0 radical (unpaired) electrons. The predicted octanol–water partition coefficient (Wildman–Crippen LogP) is 4.29. The SMILES string of the molecule is COC(=O)/N=C(SC)/C(=N/c1ccc(C#N)cc1)c1cc(OC)c2c(c1F)CCO2. The molecule has 3 rings (SSSR count). The van der Waals surface area contributed by atoms with Crippen molar-refractivity contribution < 1.29 is 23.4 Å². The van der Waals surface area contributed by atoms with E-state index in [1.807, 2.05) is 6.07 Å². The van der Waals surface area contributed by atoms with Crippen LogP contribution in [0.15, 0.2) is 40.3 Å². The summed E-state index contributed by atoms with van der Waals surface area (Å²) in [5, 5.41) is 9.16. The lowest BCUT2D eigenvalue weighted by Crippen LogP contribution is -2.17. The molecule has 2 aromatic carbocycles. The van der Waals surface area contributed by atoms with E-state index in [0.29, 0.717) is 41.3 Å². The van der Waals surface area contributed by atoms with Crippen LogP contribution < -0.4 is 9.47 Å². The summed E-state index contributed by atoms with van der Waals surface area (Å²) < 4.78 is 30.9. The molecular formula is C21H18FN3O4S. The van der Waals surface area contributed by atoms with Gasteiger partial charge in [0.25, 0.3) is 0 Å². The molecule has 0 spiro atoms. The standard InChI is InChI=1S/C21H18FN3O4S/c1-27-16-10-15(17(22)14-8-9-29-19(14)16)18(20(30-3)25-21(26)28-2)24-13-6-4-12(11-23)5-7-13/h4-7,10H,8-9H2,1-3H3/b24-18+,25-20-. The Labute approximate surface area is 177 Å². The lowest BCUT2D eigenvalue weighted by molar-refractivity contribution is 0.183. The molecule has 1 amide bonds. The van der Waals surface area contributed by atoms with E-state index >= 15 is 4.39 Å². The Morgan fingerprint density at radius 2 is 2.03 bits per heavy atom. The first-order chi connectivity index (χ1) is 14.5. The molecule has 1 aliphatic heterocycles. The maximum Gasteiger partial charge on any atom is 0.434 e. The summed E-state index contributed by atoms with van der Waals surface area (Å²) in [6.07, 6.45) is 1.25. The van der Waals surface area contributed by atoms with Crippen LogP contribution in [-0.4, -0.2) is 43.9 Å². The van der Waals surface area contributed by atoms with Crippen molar-refractivity contribution in [1.82, 2.24) is 0 Å². The molecule has 0 saturated carbocycles. The Kier molecular flexibility index (Phi) is 6.69. The smallest absolute Gasteiger partial charge is 0.434 e. The molecule has 9 heteroatoms. The maximum absolute atomic E-state index is 15.4. The number of amides is 1. The number of methoxy groups -OCH3 is 2. The summed E-state index contributed by atoms with van der Waals surface area (Å²) in [6.45, 7) is 0.347. The van der Waals surface area contributed by atoms with Crippen LogP contribution in [0.4, 0.5) is 14.9 Å². The number of thioether (sulfide) groups is 1. The summed E-state index contributed by atoms with van der Waals surface area (Å²) in [6, 6.07) is 9.95. The van der Waals surface area contributed by atoms with Gasteiger partial charge in [-0.25, -0.2) is 14.2 Å². The molecule has 7 nitrogen and oxygen atoms in total. The number of carbonyl (C=O) groups excluding carboxylic acids is 1. The number of benzene rings is 2. The van der Waals surface area contributed by atoms with Crippen molar-refractivity contribution >= 4 is 34.3 Å². The molecule has 1 aliphatic rings. The number of ether oxygens (including phenoxy) is 3. The van der Waals surface area contributed by atoms with E-state index in [1.54, 1.807) is 30.5 Å². The van der Waals surface area contributed by atoms with Crippen LogP contribution in [-0.2, 0) is 11.2 Å². The number of rotatable bonds is 4. The first-order valence-electron chi connectivity index (χ1n) is 8.84. The highest BCUT2D eigenvalue weighted by molar-refractivity contribution is 8.15. The van der Waals surface area contributed by atoms with Crippen LogP contribution >= 0.6 is 11.8 Å². The van der Waals surface area contributed by atoms with Crippen molar-refractivity contribution in [3.63, 3.8) is 0 Å². The number of nitriles is 1. The topological polar surface area (TPSA) is 93.3 Å². The van der Waals surface area contributed by atoms with Crippen molar-refractivity contribution in [2.45, 2.75) is 6.42 Å². The van der Waals surface area contributed by atoms with Crippen LogP contribution in [0.3, 0.4) is 0 Å². The van der Waals surface area contributed by atoms with Crippen molar-refractivity contribution in [3.05, 3.63) is 52.8 Å². The van der Waals surface area contributed by atoms with E-state index in [4.69, 9.17) is 14.7 Å².